The molecular formula is C6H13IO. The van der Waals surface area contributed by atoms with Crippen LogP contribution in [0.15, 0.2) is 0 Å². The number of hydrogen-bond acceptors (Lipinski definition) is 1. The predicted octanol–water partition coefficient (Wildman–Crippen LogP) is 2.58. The van der Waals surface area contributed by atoms with E-state index in [-0.39, 0.29) is 3.61 Å². The summed E-state index contributed by atoms with van der Waals surface area (Å²) in [5.41, 5.74) is 0. The first-order valence-corrected chi connectivity index (χ1v) is 3.86. The van der Waals surface area contributed by atoms with Gasteiger partial charge in [-0.25, -0.2) is 0 Å². The molecule has 0 aromatic heterocycles. The topological polar surface area (TPSA) is 9.23 Å². The monoisotopic (exact) mass is 228 g/mol. The Hall–Kier alpha value is 0.690. The second kappa shape index (κ2) is 3.01. The minimum absolute atomic E-state index is 0.00801. The minimum atomic E-state index is -0.00801. The molecule has 2 heteroatoms. The molecule has 0 radical (unpaired) electrons. The van der Waals surface area contributed by atoms with E-state index < -0.39 is 0 Å². The van der Waals surface area contributed by atoms with Crippen LogP contribution < -0.4 is 0 Å². The predicted molar refractivity (Wildman–Crippen MR) is 44.3 cm³/mol. The second-order valence-electron chi connectivity index (χ2n) is 2.53. The molecular weight excluding hydrogens is 215 g/mol. The zero-order valence-electron chi connectivity index (χ0n) is 5.86. The molecule has 0 aliphatic rings. The summed E-state index contributed by atoms with van der Waals surface area (Å²) in [5.74, 6) is 0. The first kappa shape index (κ1) is 8.69. The van der Waals surface area contributed by atoms with Crippen molar-refractivity contribution in [1.82, 2.24) is 0 Å². The molecule has 0 saturated carbocycles. The summed E-state index contributed by atoms with van der Waals surface area (Å²) in [4.78, 5) is 0. The van der Waals surface area contributed by atoms with E-state index in [4.69, 9.17) is 4.74 Å². The summed E-state index contributed by atoms with van der Waals surface area (Å²) >= 11 is 2.27. The molecule has 0 heterocycles. The Morgan fingerprint density at radius 2 is 1.75 bits per heavy atom. The van der Waals surface area contributed by atoms with Crippen molar-refractivity contribution in [3.05, 3.63) is 0 Å². The molecule has 0 bridgehead atoms. The molecule has 0 aromatic carbocycles. The summed E-state index contributed by atoms with van der Waals surface area (Å²) in [6.45, 7) is 8.18. The Balaban J connectivity index is 3.39. The lowest BCUT2D eigenvalue weighted by Gasteiger charge is -2.20. The largest absolute Gasteiger partial charge is 0.363 e. The number of rotatable bonds is 2. The number of hydrogen-bond donors (Lipinski definition) is 0. The molecule has 0 fully saturated rings. The van der Waals surface area contributed by atoms with Crippen molar-refractivity contribution in [2.45, 2.75) is 37.4 Å². The summed E-state index contributed by atoms with van der Waals surface area (Å²) in [6, 6.07) is 0. The van der Waals surface area contributed by atoms with E-state index in [1.165, 1.54) is 0 Å². The summed E-state index contributed by atoms with van der Waals surface area (Å²) in [7, 11) is 0. The number of alkyl halides is 1. The van der Waals surface area contributed by atoms with Crippen molar-refractivity contribution in [3.63, 3.8) is 0 Å². The van der Waals surface area contributed by atoms with E-state index in [9.17, 15) is 0 Å². The van der Waals surface area contributed by atoms with Crippen molar-refractivity contribution in [2.24, 2.45) is 0 Å². The highest BCUT2D eigenvalue weighted by molar-refractivity contribution is 14.1. The van der Waals surface area contributed by atoms with Gasteiger partial charge in [0.15, 0.2) is 0 Å². The van der Waals surface area contributed by atoms with Crippen molar-refractivity contribution < 1.29 is 4.74 Å². The third-order valence-corrected chi connectivity index (χ3v) is 0.770. The standard InChI is InChI=1S/C6H13IO/c1-5(2)8-6(3,4)7/h5H,1-4H3. The maximum atomic E-state index is 5.42. The third kappa shape index (κ3) is 6.69. The fourth-order valence-electron chi connectivity index (χ4n) is 0.560. The van der Waals surface area contributed by atoms with E-state index in [2.05, 4.69) is 22.6 Å². The zero-order chi connectivity index (χ0) is 6.78. The van der Waals surface area contributed by atoms with Gasteiger partial charge in [-0.3, -0.25) is 0 Å². The van der Waals surface area contributed by atoms with Crippen molar-refractivity contribution in [2.75, 3.05) is 0 Å². The molecule has 0 aliphatic heterocycles. The molecule has 0 saturated heterocycles. The third-order valence-electron chi connectivity index (χ3n) is 0.516. The van der Waals surface area contributed by atoms with Gasteiger partial charge in [-0.1, -0.05) is 0 Å². The van der Waals surface area contributed by atoms with E-state index >= 15 is 0 Å². The number of halogens is 1. The van der Waals surface area contributed by atoms with Gasteiger partial charge in [0.2, 0.25) is 0 Å². The zero-order valence-corrected chi connectivity index (χ0v) is 8.02. The van der Waals surface area contributed by atoms with Crippen LogP contribution in [0.4, 0.5) is 0 Å². The highest BCUT2D eigenvalue weighted by atomic mass is 127. The van der Waals surface area contributed by atoms with Gasteiger partial charge in [0.05, 0.1) is 6.10 Å². The van der Waals surface area contributed by atoms with Gasteiger partial charge in [0.1, 0.15) is 3.61 Å². The highest BCUT2D eigenvalue weighted by Gasteiger charge is 2.13. The summed E-state index contributed by atoms with van der Waals surface area (Å²) in [5, 5.41) is 0. The normalized spacial score (nSPS) is 12.8. The lowest BCUT2D eigenvalue weighted by atomic mass is 10.4. The van der Waals surface area contributed by atoms with E-state index in [1.54, 1.807) is 0 Å². The van der Waals surface area contributed by atoms with Gasteiger partial charge >= 0.3 is 0 Å². The maximum absolute atomic E-state index is 5.42. The Morgan fingerprint density at radius 1 is 1.38 bits per heavy atom. The molecule has 0 atom stereocenters. The van der Waals surface area contributed by atoms with Gasteiger partial charge in [0.25, 0.3) is 0 Å². The quantitative estimate of drug-likeness (QED) is 0.521. The smallest absolute Gasteiger partial charge is 0.113 e. The molecule has 0 aromatic rings. The van der Waals surface area contributed by atoms with Crippen LogP contribution in [0.25, 0.3) is 0 Å². The van der Waals surface area contributed by atoms with Gasteiger partial charge in [-0.2, -0.15) is 0 Å². The van der Waals surface area contributed by atoms with Crippen LogP contribution in [0.2, 0.25) is 0 Å². The lowest BCUT2D eigenvalue weighted by Crippen LogP contribution is -2.19. The van der Waals surface area contributed by atoms with Crippen molar-refractivity contribution in [3.8, 4) is 0 Å². The minimum Gasteiger partial charge on any atom is -0.363 e. The highest BCUT2D eigenvalue weighted by Crippen LogP contribution is 2.19. The van der Waals surface area contributed by atoms with E-state index in [0.717, 1.165) is 0 Å². The van der Waals surface area contributed by atoms with Gasteiger partial charge in [0, 0.05) is 0 Å². The van der Waals surface area contributed by atoms with Crippen LogP contribution in [-0.2, 0) is 4.74 Å². The molecule has 1 nitrogen and oxygen atoms in total. The number of ether oxygens (including phenoxy) is 1. The molecule has 0 unspecified atom stereocenters. The first-order valence-electron chi connectivity index (χ1n) is 2.78. The Labute approximate surface area is 64.9 Å². The molecule has 0 aliphatic carbocycles. The van der Waals surface area contributed by atoms with Crippen LogP contribution in [0.3, 0.4) is 0 Å². The Bertz CT molecular complexity index is 63.4. The van der Waals surface area contributed by atoms with Gasteiger partial charge in [-0.15, -0.1) is 0 Å². The van der Waals surface area contributed by atoms with Crippen LogP contribution in [-0.4, -0.2) is 9.71 Å². The SMILES string of the molecule is CC(C)OC(C)(C)I. The molecule has 0 N–H and O–H groups in total. The van der Waals surface area contributed by atoms with Gasteiger partial charge in [-0.05, 0) is 50.3 Å². The Morgan fingerprint density at radius 3 is 1.75 bits per heavy atom. The second-order valence-corrected chi connectivity index (χ2v) is 5.13. The summed E-state index contributed by atoms with van der Waals surface area (Å²) < 4.78 is 5.42. The molecule has 0 amide bonds. The van der Waals surface area contributed by atoms with Crippen LogP contribution >= 0.6 is 22.6 Å². The maximum Gasteiger partial charge on any atom is 0.113 e. The average Bonchev–Trinajstić information content (AvgIpc) is 1.21. The molecule has 8 heavy (non-hydrogen) atoms. The van der Waals surface area contributed by atoms with E-state index in [0.29, 0.717) is 6.10 Å². The van der Waals surface area contributed by atoms with E-state index in [1.807, 2.05) is 27.7 Å². The fourth-order valence-corrected chi connectivity index (χ4v) is 1.07. The van der Waals surface area contributed by atoms with Crippen LogP contribution in [0.1, 0.15) is 27.7 Å². The fraction of sp³-hybridized carbons (Fsp3) is 1.00. The van der Waals surface area contributed by atoms with Crippen LogP contribution in [0, 0.1) is 0 Å². The molecule has 0 spiro atoms. The van der Waals surface area contributed by atoms with Crippen molar-refractivity contribution in [1.29, 1.82) is 0 Å². The summed E-state index contributed by atoms with van der Waals surface area (Å²) in [6.07, 6.45) is 0.335. The first-order chi connectivity index (χ1) is 3.42. The Kier molecular flexibility index (Phi) is 3.27. The molecule has 50 valence electrons. The van der Waals surface area contributed by atoms with Crippen molar-refractivity contribution >= 4 is 22.6 Å². The van der Waals surface area contributed by atoms with Gasteiger partial charge < -0.3 is 4.74 Å². The lowest BCUT2D eigenvalue weighted by molar-refractivity contribution is 0.0183. The average molecular weight is 228 g/mol. The van der Waals surface area contributed by atoms with Crippen LogP contribution in [0.5, 0.6) is 0 Å². The molecule has 0 rings (SSSR count).